The number of aromatic nitrogens is 3. The predicted molar refractivity (Wildman–Crippen MR) is 62.1 cm³/mol. The molecule has 1 aliphatic heterocycles. The lowest BCUT2D eigenvalue weighted by Crippen LogP contribution is -2.50. The monoisotopic (exact) mass is 253 g/mol. The van der Waals surface area contributed by atoms with E-state index in [9.17, 15) is 4.79 Å². The van der Waals surface area contributed by atoms with Crippen LogP contribution in [0.4, 0.5) is 0 Å². The highest BCUT2D eigenvalue weighted by Gasteiger charge is 2.23. The number of oxime groups is 1. The van der Waals surface area contributed by atoms with Crippen molar-refractivity contribution in [2.45, 2.75) is 0 Å². The number of amidine groups is 1. The van der Waals surface area contributed by atoms with E-state index in [1.807, 2.05) is 4.90 Å². The molecule has 0 radical (unpaired) electrons. The second kappa shape index (κ2) is 5.45. The first-order valence-corrected chi connectivity index (χ1v) is 5.54. The third-order valence-corrected chi connectivity index (χ3v) is 2.81. The molecule has 1 amide bonds. The highest BCUT2D eigenvalue weighted by Crippen LogP contribution is 2.05. The SMILES string of the molecule is NC(CN1CCN(C(=O)c2cn[nH]n2)CC1)=NO. The van der Waals surface area contributed by atoms with Crippen LogP contribution in [0.25, 0.3) is 0 Å². The summed E-state index contributed by atoms with van der Waals surface area (Å²) in [6, 6.07) is 0. The molecule has 9 heteroatoms. The number of hydrogen-bond acceptors (Lipinski definition) is 6. The second-order valence-electron chi connectivity index (χ2n) is 4.01. The van der Waals surface area contributed by atoms with Crippen LogP contribution in [0.2, 0.25) is 0 Å². The maximum absolute atomic E-state index is 11.9. The lowest BCUT2D eigenvalue weighted by molar-refractivity contribution is 0.0647. The van der Waals surface area contributed by atoms with E-state index >= 15 is 0 Å². The molecule has 2 rings (SSSR count). The molecule has 1 aromatic rings. The zero-order valence-corrected chi connectivity index (χ0v) is 9.78. The molecular formula is C9H15N7O2. The van der Waals surface area contributed by atoms with Crippen molar-refractivity contribution in [1.82, 2.24) is 25.2 Å². The van der Waals surface area contributed by atoms with Crippen LogP contribution in [0.1, 0.15) is 10.5 Å². The smallest absolute Gasteiger partial charge is 0.276 e. The van der Waals surface area contributed by atoms with Crippen molar-refractivity contribution in [1.29, 1.82) is 0 Å². The molecule has 0 aliphatic carbocycles. The number of nitrogens with zero attached hydrogens (tertiary/aromatic N) is 5. The van der Waals surface area contributed by atoms with Crippen molar-refractivity contribution < 1.29 is 10.0 Å². The number of H-pyrrole nitrogens is 1. The van der Waals surface area contributed by atoms with E-state index in [2.05, 4.69) is 20.6 Å². The van der Waals surface area contributed by atoms with Gasteiger partial charge in [0, 0.05) is 26.2 Å². The number of nitrogens with two attached hydrogens (primary N) is 1. The Kier molecular flexibility index (Phi) is 3.72. The first-order chi connectivity index (χ1) is 8.70. The van der Waals surface area contributed by atoms with Crippen molar-refractivity contribution in [2.75, 3.05) is 32.7 Å². The highest BCUT2D eigenvalue weighted by atomic mass is 16.4. The second-order valence-corrected chi connectivity index (χ2v) is 4.01. The molecule has 98 valence electrons. The van der Waals surface area contributed by atoms with Crippen LogP contribution in [-0.4, -0.2) is 74.9 Å². The lowest BCUT2D eigenvalue weighted by Gasteiger charge is -2.33. The van der Waals surface area contributed by atoms with Gasteiger partial charge in [-0.05, 0) is 0 Å². The van der Waals surface area contributed by atoms with Gasteiger partial charge in [0.15, 0.2) is 11.5 Å². The van der Waals surface area contributed by atoms with E-state index in [1.165, 1.54) is 6.20 Å². The van der Waals surface area contributed by atoms with E-state index < -0.39 is 0 Å². The van der Waals surface area contributed by atoms with Gasteiger partial charge >= 0.3 is 0 Å². The van der Waals surface area contributed by atoms with Gasteiger partial charge in [0.2, 0.25) is 0 Å². The number of carbonyl (C=O) groups excluding carboxylic acids is 1. The molecule has 2 heterocycles. The summed E-state index contributed by atoms with van der Waals surface area (Å²) in [6.07, 6.45) is 1.41. The Morgan fingerprint density at radius 2 is 2.22 bits per heavy atom. The van der Waals surface area contributed by atoms with E-state index in [0.29, 0.717) is 38.4 Å². The summed E-state index contributed by atoms with van der Waals surface area (Å²) in [4.78, 5) is 15.7. The standard InChI is InChI=1S/C9H15N7O2/c10-8(13-18)6-15-1-3-16(4-2-15)9(17)7-5-11-14-12-7/h5,18H,1-4,6H2,(H2,10,13)(H,11,12,14). The quantitative estimate of drug-likeness (QED) is 0.255. The van der Waals surface area contributed by atoms with E-state index in [1.54, 1.807) is 4.90 Å². The molecule has 0 bridgehead atoms. The largest absolute Gasteiger partial charge is 0.409 e. The van der Waals surface area contributed by atoms with Crippen LogP contribution in [0, 0.1) is 0 Å². The average Bonchev–Trinajstić information content (AvgIpc) is 2.92. The number of carbonyl (C=O) groups is 1. The third kappa shape index (κ3) is 2.74. The van der Waals surface area contributed by atoms with Crippen molar-refractivity contribution in [3.8, 4) is 0 Å². The van der Waals surface area contributed by atoms with Gasteiger partial charge in [0.25, 0.3) is 5.91 Å². The van der Waals surface area contributed by atoms with Gasteiger partial charge < -0.3 is 15.8 Å². The summed E-state index contributed by atoms with van der Waals surface area (Å²) < 4.78 is 0. The zero-order valence-electron chi connectivity index (χ0n) is 9.78. The minimum absolute atomic E-state index is 0.132. The molecule has 1 saturated heterocycles. The third-order valence-electron chi connectivity index (χ3n) is 2.81. The van der Waals surface area contributed by atoms with Gasteiger partial charge in [-0.25, -0.2) is 0 Å². The Hall–Kier alpha value is -2.16. The van der Waals surface area contributed by atoms with E-state index in [4.69, 9.17) is 10.9 Å². The molecule has 0 saturated carbocycles. The summed E-state index contributed by atoms with van der Waals surface area (Å²) >= 11 is 0. The van der Waals surface area contributed by atoms with Crippen LogP contribution in [0.5, 0.6) is 0 Å². The molecule has 1 fully saturated rings. The normalized spacial score (nSPS) is 18.0. The summed E-state index contributed by atoms with van der Waals surface area (Å²) in [7, 11) is 0. The molecule has 1 aromatic heterocycles. The number of nitrogens with one attached hydrogen (secondary N) is 1. The molecule has 9 nitrogen and oxygen atoms in total. The molecular weight excluding hydrogens is 238 g/mol. The van der Waals surface area contributed by atoms with Crippen LogP contribution < -0.4 is 5.73 Å². The van der Waals surface area contributed by atoms with Crippen molar-refractivity contribution >= 4 is 11.7 Å². The van der Waals surface area contributed by atoms with E-state index in [0.717, 1.165) is 0 Å². The molecule has 0 aromatic carbocycles. The Bertz CT molecular complexity index is 422. The fraction of sp³-hybridized carbons (Fsp3) is 0.556. The first kappa shape index (κ1) is 12.3. The summed E-state index contributed by atoms with van der Waals surface area (Å²) in [5.74, 6) is 0.0403. The molecule has 4 N–H and O–H groups in total. The molecule has 0 spiro atoms. The summed E-state index contributed by atoms with van der Waals surface area (Å²) in [5, 5.41) is 21.2. The van der Waals surface area contributed by atoms with Gasteiger partial charge in [-0.2, -0.15) is 15.4 Å². The van der Waals surface area contributed by atoms with E-state index in [-0.39, 0.29) is 11.7 Å². The summed E-state index contributed by atoms with van der Waals surface area (Å²) in [6.45, 7) is 2.94. The van der Waals surface area contributed by atoms with Gasteiger partial charge in [-0.3, -0.25) is 9.69 Å². The minimum Gasteiger partial charge on any atom is -0.409 e. The maximum atomic E-state index is 11.9. The van der Waals surface area contributed by atoms with Crippen molar-refractivity contribution in [2.24, 2.45) is 10.9 Å². The number of amides is 1. The molecule has 1 aliphatic rings. The predicted octanol–water partition coefficient (Wildman–Crippen LogP) is -1.69. The van der Waals surface area contributed by atoms with Crippen molar-refractivity contribution in [3.63, 3.8) is 0 Å². The number of aromatic amines is 1. The van der Waals surface area contributed by atoms with Crippen LogP contribution in [0.3, 0.4) is 0 Å². The van der Waals surface area contributed by atoms with Gasteiger partial charge in [0.1, 0.15) is 0 Å². The fourth-order valence-electron chi connectivity index (χ4n) is 1.84. The Morgan fingerprint density at radius 3 is 2.78 bits per heavy atom. The Morgan fingerprint density at radius 1 is 1.50 bits per heavy atom. The lowest BCUT2D eigenvalue weighted by atomic mass is 10.3. The molecule has 0 atom stereocenters. The van der Waals surface area contributed by atoms with Crippen LogP contribution in [0.15, 0.2) is 11.4 Å². The van der Waals surface area contributed by atoms with Gasteiger partial charge in [-0.15, -0.1) is 0 Å². The van der Waals surface area contributed by atoms with Crippen LogP contribution in [-0.2, 0) is 0 Å². The van der Waals surface area contributed by atoms with Crippen LogP contribution >= 0.6 is 0 Å². The van der Waals surface area contributed by atoms with Crippen molar-refractivity contribution in [3.05, 3.63) is 11.9 Å². The highest BCUT2D eigenvalue weighted by molar-refractivity contribution is 5.92. The fourth-order valence-corrected chi connectivity index (χ4v) is 1.84. The maximum Gasteiger partial charge on any atom is 0.276 e. The molecule has 18 heavy (non-hydrogen) atoms. The van der Waals surface area contributed by atoms with Gasteiger partial charge in [-0.1, -0.05) is 5.16 Å². The molecule has 0 unspecified atom stereocenters. The Labute approximate surface area is 103 Å². The number of hydrogen-bond donors (Lipinski definition) is 3. The first-order valence-electron chi connectivity index (χ1n) is 5.54. The Balaban J connectivity index is 1.85. The zero-order chi connectivity index (χ0) is 13.0. The average molecular weight is 253 g/mol. The summed E-state index contributed by atoms with van der Waals surface area (Å²) in [5.41, 5.74) is 5.75. The number of piperazine rings is 1. The number of rotatable bonds is 3. The minimum atomic E-state index is -0.132. The topological polar surface area (TPSA) is 124 Å². The van der Waals surface area contributed by atoms with Gasteiger partial charge in [0.05, 0.1) is 12.7 Å².